The lowest BCUT2D eigenvalue weighted by molar-refractivity contribution is -0.179. The van der Waals surface area contributed by atoms with Crippen LogP contribution in [0.15, 0.2) is 102 Å². The maximum absolute atomic E-state index is 11.9. The van der Waals surface area contributed by atoms with Gasteiger partial charge in [0.25, 0.3) is 0 Å². The number of benzene rings is 4. The second-order valence-electron chi connectivity index (χ2n) is 15.9. The first-order valence-corrected chi connectivity index (χ1v) is 19.9. The van der Waals surface area contributed by atoms with Crippen LogP contribution >= 0.6 is 39.1 Å². The number of hydrogen-bond acceptors (Lipinski definition) is 2. The van der Waals surface area contributed by atoms with Crippen molar-refractivity contribution in [1.29, 1.82) is 0 Å². The van der Waals surface area contributed by atoms with Crippen LogP contribution in [0.4, 0.5) is 0 Å². The average molecular weight is 757 g/mol. The maximum Gasteiger partial charge on any atom is 0.139 e. The molecule has 2 nitrogen and oxygen atoms in total. The molecule has 4 aromatic carbocycles. The van der Waals surface area contributed by atoms with E-state index in [0.29, 0.717) is 29.5 Å². The zero-order valence-electron chi connectivity index (χ0n) is 27.9. The number of hydrogen-bond donors (Lipinski definition) is 1. The summed E-state index contributed by atoms with van der Waals surface area (Å²) in [6.07, 6.45) is 12.6. The standard InChI is InChI=1S/C22H23ClO.C12H8BrCl.C10H14O/c23-19-5-3-4-16(13-19)20-6-1-2-7-21(20)22(24)17-9-14-8-15(11-17)12-18(22)10-14;13-12-7-2-1-6-11(12)9-4-3-5-10(14)8-9;11-10-8-2-6-1-7(4-8)5-9(10)3-6/h1-7,13-15,17-18,24H,8-12H2;1-8H;6-9H,1-5H2. The van der Waals surface area contributed by atoms with Gasteiger partial charge in [0.05, 0.1) is 5.60 Å². The topological polar surface area (TPSA) is 37.3 Å². The fraction of sp³-hybridized carbons (Fsp3) is 0.432. The molecule has 8 bridgehead atoms. The van der Waals surface area contributed by atoms with E-state index < -0.39 is 5.60 Å². The molecule has 0 heterocycles. The summed E-state index contributed by atoms with van der Waals surface area (Å²) >= 11 is 15.7. The summed E-state index contributed by atoms with van der Waals surface area (Å²) in [5, 5.41) is 13.5. The Morgan fingerprint density at radius 1 is 0.551 bits per heavy atom. The Hall–Kier alpha value is -2.43. The van der Waals surface area contributed by atoms with E-state index in [1.54, 1.807) is 0 Å². The van der Waals surface area contributed by atoms with Crippen molar-refractivity contribution >= 4 is 44.9 Å². The molecule has 1 N–H and O–H groups in total. The van der Waals surface area contributed by atoms with Crippen LogP contribution < -0.4 is 0 Å². The van der Waals surface area contributed by atoms with Crippen molar-refractivity contribution in [2.75, 3.05) is 0 Å². The molecule has 4 aromatic rings. The third-order valence-corrected chi connectivity index (χ3v) is 14.0. The molecule has 8 aliphatic rings. The predicted octanol–water partition coefficient (Wildman–Crippen LogP) is 12.4. The molecular formula is C44H45BrCl2O2. The summed E-state index contributed by atoms with van der Waals surface area (Å²) in [6, 6.07) is 32.4. The van der Waals surface area contributed by atoms with E-state index in [-0.39, 0.29) is 0 Å². The Labute approximate surface area is 309 Å². The van der Waals surface area contributed by atoms with Crippen molar-refractivity contribution in [3.05, 3.63) is 117 Å². The second-order valence-corrected chi connectivity index (χ2v) is 17.6. The number of ketones is 1. The highest BCUT2D eigenvalue weighted by Crippen LogP contribution is 2.62. The Morgan fingerprint density at radius 2 is 1.00 bits per heavy atom. The predicted molar refractivity (Wildman–Crippen MR) is 204 cm³/mol. The van der Waals surface area contributed by atoms with Gasteiger partial charge in [-0.15, -0.1) is 0 Å². The monoisotopic (exact) mass is 754 g/mol. The van der Waals surface area contributed by atoms with Crippen LogP contribution in [0.2, 0.25) is 10.0 Å². The highest BCUT2D eigenvalue weighted by atomic mass is 79.9. The van der Waals surface area contributed by atoms with Crippen molar-refractivity contribution in [2.45, 2.75) is 69.8 Å². The Balaban J connectivity index is 0.000000118. The van der Waals surface area contributed by atoms with Crippen LogP contribution in [0.1, 0.15) is 69.8 Å². The van der Waals surface area contributed by atoms with Crippen molar-refractivity contribution in [1.82, 2.24) is 0 Å². The van der Waals surface area contributed by atoms with Gasteiger partial charge in [0.2, 0.25) is 0 Å². The summed E-state index contributed by atoms with van der Waals surface area (Å²) in [6.45, 7) is 0. The number of aliphatic hydroxyl groups is 1. The Kier molecular flexibility index (Phi) is 9.59. The molecule has 0 spiro atoms. The van der Waals surface area contributed by atoms with Crippen LogP contribution in [0.25, 0.3) is 22.3 Å². The van der Waals surface area contributed by atoms with Gasteiger partial charge in [-0.25, -0.2) is 0 Å². The smallest absolute Gasteiger partial charge is 0.139 e. The molecule has 5 heteroatoms. The molecule has 0 saturated heterocycles. The molecule has 0 unspecified atom stereocenters. The minimum atomic E-state index is -0.660. The first-order valence-electron chi connectivity index (χ1n) is 18.4. The number of carbonyl (C=O) groups is 1. The highest BCUT2D eigenvalue weighted by Gasteiger charge is 2.57. The second kappa shape index (κ2) is 13.9. The molecule has 0 aromatic heterocycles. The summed E-state index contributed by atoms with van der Waals surface area (Å²) in [5.41, 5.74) is 5.02. The van der Waals surface area contributed by atoms with E-state index in [9.17, 15) is 9.90 Å². The van der Waals surface area contributed by atoms with Crippen molar-refractivity contribution in [3.8, 4) is 22.3 Å². The van der Waals surface area contributed by atoms with Crippen LogP contribution in [-0.4, -0.2) is 10.9 Å². The first-order chi connectivity index (χ1) is 23.7. The zero-order chi connectivity index (χ0) is 33.7. The summed E-state index contributed by atoms with van der Waals surface area (Å²) in [5.74, 6) is 6.07. The molecule has 0 atom stereocenters. The Bertz CT molecular complexity index is 1780. The maximum atomic E-state index is 11.9. The van der Waals surface area contributed by atoms with E-state index in [1.807, 2.05) is 60.7 Å². The van der Waals surface area contributed by atoms with Gasteiger partial charge in [0.1, 0.15) is 5.78 Å². The molecule has 0 aliphatic heterocycles. The SMILES string of the molecule is Clc1cccc(-c2ccccc2Br)c1.O=C1C2CC3CC(C2)CC1C3.OC1(c2ccccc2-c2cccc(Cl)c2)C2CC3CC(C2)CC1C3. The van der Waals surface area contributed by atoms with Crippen LogP contribution in [0, 0.1) is 47.3 Å². The van der Waals surface area contributed by atoms with E-state index in [4.69, 9.17) is 23.2 Å². The zero-order valence-corrected chi connectivity index (χ0v) is 31.0. The van der Waals surface area contributed by atoms with Gasteiger partial charge in [-0.05, 0) is 158 Å². The van der Waals surface area contributed by atoms with E-state index in [0.717, 1.165) is 66.0 Å². The molecule has 49 heavy (non-hydrogen) atoms. The molecule has 0 amide bonds. The lowest BCUT2D eigenvalue weighted by Crippen LogP contribution is -2.55. The number of rotatable bonds is 3. The van der Waals surface area contributed by atoms with Gasteiger partial charge in [0, 0.05) is 26.4 Å². The fourth-order valence-electron chi connectivity index (χ4n) is 11.1. The first kappa shape index (κ1) is 33.7. The lowest BCUT2D eigenvalue weighted by Gasteiger charge is -2.59. The van der Waals surface area contributed by atoms with E-state index >= 15 is 0 Å². The highest BCUT2D eigenvalue weighted by molar-refractivity contribution is 9.10. The summed E-state index contributed by atoms with van der Waals surface area (Å²) < 4.78 is 1.09. The van der Waals surface area contributed by atoms with Gasteiger partial charge >= 0.3 is 0 Å². The van der Waals surface area contributed by atoms with Crippen LogP contribution in [-0.2, 0) is 10.4 Å². The van der Waals surface area contributed by atoms with Gasteiger partial charge in [-0.3, -0.25) is 4.79 Å². The molecule has 8 aliphatic carbocycles. The van der Waals surface area contributed by atoms with E-state index in [2.05, 4.69) is 52.3 Å². The molecule has 8 fully saturated rings. The van der Waals surface area contributed by atoms with Crippen molar-refractivity contribution in [3.63, 3.8) is 0 Å². The fourth-order valence-corrected chi connectivity index (χ4v) is 12.0. The molecule has 254 valence electrons. The summed E-state index contributed by atoms with van der Waals surface area (Å²) in [7, 11) is 0. The number of carbonyl (C=O) groups excluding carboxylic acids is 1. The quantitative estimate of drug-likeness (QED) is 0.226. The number of halogens is 3. The molecule has 8 saturated carbocycles. The average Bonchev–Trinajstić information content (AvgIpc) is 3.09. The van der Waals surface area contributed by atoms with Gasteiger partial charge in [-0.2, -0.15) is 0 Å². The third-order valence-electron chi connectivity index (χ3n) is 12.8. The normalized spacial score (nSPS) is 33.0. The van der Waals surface area contributed by atoms with Gasteiger partial charge in [-0.1, -0.05) is 106 Å². The Morgan fingerprint density at radius 3 is 1.51 bits per heavy atom. The van der Waals surface area contributed by atoms with E-state index in [1.165, 1.54) is 64.2 Å². The van der Waals surface area contributed by atoms with Crippen LogP contribution in [0.5, 0.6) is 0 Å². The third kappa shape index (κ3) is 6.71. The summed E-state index contributed by atoms with van der Waals surface area (Å²) in [4.78, 5) is 11.6. The number of Topliss-reactive ketones (excluding diaryl/α,β-unsaturated/α-hetero) is 1. The largest absolute Gasteiger partial charge is 0.385 e. The van der Waals surface area contributed by atoms with Gasteiger partial charge < -0.3 is 5.11 Å². The van der Waals surface area contributed by atoms with Crippen molar-refractivity contribution in [2.24, 2.45) is 47.3 Å². The molecule has 0 radical (unpaired) electrons. The van der Waals surface area contributed by atoms with Crippen molar-refractivity contribution < 1.29 is 9.90 Å². The molecule has 12 rings (SSSR count). The van der Waals surface area contributed by atoms with Gasteiger partial charge in [0.15, 0.2) is 0 Å². The lowest BCUT2D eigenvalue weighted by atomic mass is 9.48. The van der Waals surface area contributed by atoms with Crippen LogP contribution in [0.3, 0.4) is 0 Å². The molecular weight excluding hydrogens is 711 g/mol. The minimum absolute atomic E-state index is 0.425. The minimum Gasteiger partial charge on any atom is -0.385 e.